The number of anilines is 3. The molecular weight excluding hydrogens is 653 g/mol. The van der Waals surface area contributed by atoms with Crippen LogP contribution in [0, 0.1) is 0 Å². The number of amides is 1. The molecule has 50 heavy (non-hydrogen) atoms. The van der Waals surface area contributed by atoms with E-state index < -0.39 is 10.0 Å². The first-order valence-corrected chi connectivity index (χ1v) is 20.5. The third-order valence-electron chi connectivity index (χ3n) is 9.19. The van der Waals surface area contributed by atoms with Crippen molar-refractivity contribution in [1.82, 2.24) is 29.7 Å². The number of rotatable bonds is 10. The van der Waals surface area contributed by atoms with Gasteiger partial charge >= 0.3 is 0 Å². The van der Waals surface area contributed by atoms with Gasteiger partial charge in [-0.3, -0.25) is 19.5 Å². The topological polar surface area (TPSA) is 99.6 Å². The van der Waals surface area contributed by atoms with E-state index in [0.29, 0.717) is 52.2 Å². The van der Waals surface area contributed by atoms with Crippen molar-refractivity contribution in [3.8, 4) is 11.3 Å². The van der Waals surface area contributed by atoms with Crippen molar-refractivity contribution in [3.05, 3.63) is 60.4 Å². The summed E-state index contributed by atoms with van der Waals surface area (Å²) in [6, 6.07) is 14.7. The molecule has 0 aliphatic carbocycles. The second kappa shape index (κ2) is 18.2. The second-order valence-corrected chi connectivity index (χ2v) is 18.7. The Hall–Kier alpha value is -3.33. The first-order valence-electron chi connectivity index (χ1n) is 17.5. The lowest BCUT2D eigenvalue weighted by atomic mass is 10.1. The molecule has 274 valence electrons. The third-order valence-corrected chi connectivity index (χ3v) is 10.6. The van der Waals surface area contributed by atoms with Gasteiger partial charge in [0.2, 0.25) is 11.9 Å². The van der Waals surface area contributed by atoms with Gasteiger partial charge < -0.3 is 24.0 Å². The summed E-state index contributed by atoms with van der Waals surface area (Å²) >= 11 is 0. The van der Waals surface area contributed by atoms with Crippen LogP contribution in [0.5, 0.6) is 0 Å². The largest absolute Gasteiger partial charge is 0.382 e. The summed E-state index contributed by atoms with van der Waals surface area (Å²) in [7, 11) is 4.94. The van der Waals surface area contributed by atoms with E-state index in [1.165, 1.54) is 5.56 Å². The van der Waals surface area contributed by atoms with Crippen LogP contribution < -0.4 is 9.80 Å². The summed E-state index contributed by atoms with van der Waals surface area (Å²) < 4.78 is 17.6. The molecule has 5 aliphatic heterocycles. The van der Waals surface area contributed by atoms with Crippen LogP contribution in [0.15, 0.2) is 54.9 Å². The Morgan fingerprint density at radius 2 is 1.74 bits per heavy atom. The number of ether oxygens (including phenoxy) is 3. The van der Waals surface area contributed by atoms with Gasteiger partial charge in [-0.1, -0.05) is 12.1 Å². The first-order chi connectivity index (χ1) is 24.1. The molecule has 3 aromatic rings. The van der Waals surface area contributed by atoms with E-state index in [9.17, 15) is 4.79 Å². The lowest BCUT2D eigenvalue weighted by Gasteiger charge is -2.41. The van der Waals surface area contributed by atoms with Crippen molar-refractivity contribution in [2.75, 3.05) is 128 Å². The minimum absolute atomic E-state index is 0.133. The molecule has 1 aromatic carbocycles. The van der Waals surface area contributed by atoms with Gasteiger partial charge in [0.05, 0.1) is 38.7 Å². The van der Waals surface area contributed by atoms with Gasteiger partial charge in [-0.25, -0.2) is 25.0 Å². The maximum atomic E-state index is 13.3. The van der Waals surface area contributed by atoms with E-state index >= 15 is 0 Å². The maximum Gasteiger partial charge on any atom is 0.236 e. The Balaban J connectivity index is 1.46. The van der Waals surface area contributed by atoms with Crippen molar-refractivity contribution in [2.24, 2.45) is 0 Å². The lowest BCUT2D eigenvalue weighted by molar-refractivity contribution is -0.132. The summed E-state index contributed by atoms with van der Waals surface area (Å²) in [5.74, 6) is 2.62. The molecule has 8 bridgehead atoms. The van der Waals surface area contributed by atoms with E-state index in [0.717, 1.165) is 67.7 Å². The number of carbonyl (C=O) groups excluding carboxylic acids is 1. The highest BCUT2D eigenvalue weighted by molar-refractivity contribution is 8.32. The highest BCUT2D eigenvalue weighted by Gasteiger charge is 2.29. The summed E-state index contributed by atoms with van der Waals surface area (Å²) in [5.41, 5.74) is 3.86. The van der Waals surface area contributed by atoms with E-state index in [-0.39, 0.29) is 11.9 Å². The summed E-state index contributed by atoms with van der Waals surface area (Å²) in [6.45, 7) is 7.69. The molecular formula is C37H56N8O4S. The van der Waals surface area contributed by atoms with E-state index in [1.807, 2.05) is 37.3 Å². The van der Waals surface area contributed by atoms with Crippen LogP contribution in [-0.4, -0.2) is 160 Å². The molecule has 5 aliphatic rings. The number of hydrogen-bond acceptors (Lipinski definition) is 11. The smallest absolute Gasteiger partial charge is 0.236 e. The Bertz CT molecular complexity index is 1510. The summed E-state index contributed by atoms with van der Waals surface area (Å²) in [5, 5.41) is 0. The summed E-state index contributed by atoms with van der Waals surface area (Å²) in [4.78, 5) is 38.6. The second-order valence-electron chi connectivity index (χ2n) is 14.1. The molecule has 13 heteroatoms. The van der Waals surface area contributed by atoms with Crippen LogP contribution in [0.1, 0.15) is 12.0 Å². The van der Waals surface area contributed by atoms with Gasteiger partial charge in [0.1, 0.15) is 12.5 Å². The average Bonchev–Trinajstić information content (AvgIpc) is 3.10. The number of benzene rings is 1. The Kier molecular flexibility index (Phi) is 13.8. The standard InChI is InChI=1S/C37H56N8O4S/c1-41-15-8-16-42(2)36(46)27-43-17-18-44(33(26-43)28-48-20-19-47-3)25-30-9-7-10-32(23-30)45(29-49-21-22-50(4,5)6)37-38-14-13-34(40-37)31-11-12-35(41)39-24-31/h7,9-14,23-24,33H,8,15-22,25-29H2,1-6H3. The van der Waals surface area contributed by atoms with Crippen LogP contribution in [0.3, 0.4) is 0 Å². The minimum Gasteiger partial charge on any atom is -0.382 e. The van der Waals surface area contributed by atoms with Crippen molar-refractivity contribution in [1.29, 1.82) is 0 Å². The molecule has 2 aromatic heterocycles. The van der Waals surface area contributed by atoms with Crippen molar-refractivity contribution >= 4 is 33.4 Å². The van der Waals surface area contributed by atoms with E-state index in [2.05, 4.69) is 68.7 Å². The number of hydrogen-bond donors (Lipinski definition) is 0. The van der Waals surface area contributed by atoms with E-state index in [1.54, 1.807) is 13.3 Å². The van der Waals surface area contributed by atoms with Gasteiger partial charge in [-0.2, -0.15) is 0 Å². The number of piperazine rings is 1. The average molecular weight is 709 g/mol. The van der Waals surface area contributed by atoms with Gasteiger partial charge in [0.15, 0.2) is 0 Å². The molecule has 12 nitrogen and oxygen atoms in total. The number of aromatic nitrogens is 3. The SMILES string of the molecule is COCCOCC1CN2CCN1Cc1cccc(c1)N(COCCS(C)(C)C)c1nccc(n1)-c1ccc(nc1)N(C)CCCN(C)C(=O)C2. The molecule has 0 N–H and O–H groups in total. The zero-order valence-electron chi connectivity index (χ0n) is 30.8. The fraction of sp³-hybridized carbons (Fsp3) is 0.568. The number of nitrogens with zero attached hydrogens (tertiary/aromatic N) is 8. The van der Waals surface area contributed by atoms with Gasteiger partial charge in [-0.15, -0.1) is 0 Å². The van der Waals surface area contributed by atoms with Gasteiger partial charge in [-0.05, 0) is 61.1 Å². The zero-order valence-corrected chi connectivity index (χ0v) is 31.6. The van der Waals surface area contributed by atoms with Crippen LogP contribution in [0.25, 0.3) is 11.3 Å². The Morgan fingerprint density at radius 1 is 0.900 bits per heavy atom. The maximum absolute atomic E-state index is 13.3. The number of pyridine rings is 1. The molecule has 3 unspecified atom stereocenters. The highest BCUT2D eigenvalue weighted by atomic mass is 32.3. The molecule has 1 saturated heterocycles. The molecule has 0 saturated carbocycles. The van der Waals surface area contributed by atoms with Gasteiger partial charge in [0, 0.05) is 95.9 Å². The third kappa shape index (κ3) is 11.1. The molecule has 1 fully saturated rings. The molecule has 1 amide bonds. The Morgan fingerprint density at radius 3 is 2.52 bits per heavy atom. The number of likely N-dealkylation sites (N-methyl/N-ethyl adjacent to an activating group) is 1. The fourth-order valence-electron chi connectivity index (χ4n) is 6.10. The van der Waals surface area contributed by atoms with Crippen LogP contribution in [0.2, 0.25) is 0 Å². The lowest BCUT2D eigenvalue weighted by Crippen LogP contribution is -2.56. The normalized spacial score (nSPS) is 21.1. The molecule has 3 atom stereocenters. The predicted octanol–water partition coefficient (Wildman–Crippen LogP) is 3.79. The monoisotopic (exact) mass is 708 g/mol. The quantitative estimate of drug-likeness (QED) is 0.288. The molecule has 0 spiro atoms. The van der Waals surface area contributed by atoms with Crippen molar-refractivity contribution in [3.63, 3.8) is 0 Å². The van der Waals surface area contributed by atoms with Crippen LogP contribution in [-0.2, 0) is 25.5 Å². The zero-order chi connectivity index (χ0) is 35.5. The van der Waals surface area contributed by atoms with Crippen molar-refractivity contribution in [2.45, 2.75) is 19.0 Å². The highest BCUT2D eigenvalue weighted by Crippen LogP contribution is 2.34. The first kappa shape index (κ1) is 37.9. The Labute approximate surface area is 300 Å². The van der Waals surface area contributed by atoms with Crippen molar-refractivity contribution < 1.29 is 19.0 Å². The molecule has 7 heterocycles. The predicted molar refractivity (Wildman–Crippen MR) is 204 cm³/mol. The van der Waals surface area contributed by atoms with E-state index in [4.69, 9.17) is 29.2 Å². The van der Waals surface area contributed by atoms with Gasteiger partial charge in [0.25, 0.3) is 0 Å². The number of methoxy groups -OCH3 is 1. The fourth-order valence-corrected chi connectivity index (χ4v) is 6.72. The van der Waals surface area contributed by atoms with Crippen LogP contribution >= 0.6 is 10.0 Å². The summed E-state index contributed by atoms with van der Waals surface area (Å²) in [6.07, 6.45) is 11.4. The number of carbonyl (C=O) groups is 1. The van der Waals surface area contributed by atoms with Crippen LogP contribution in [0.4, 0.5) is 17.5 Å². The molecule has 0 radical (unpaired) electrons. The minimum atomic E-state index is -0.689. The molecule has 8 rings (SSSR count).